The second kappa shape index (κ2) is 8.40. The lowest BCUT2D eigenvalue weighted by Crippen LogP contribution is -2.42. The van der Waals surface area contributed by atoms with E-state index in [0.717, 1.165) is 10.5 Å². The predicted molar refractivity (Wildman–Crippen MR) is 115 cm³/mol. The van der Waals surface area contributed by atoms with Crippen LogP contribution < -0.4 is 14.8 Å². The zero-order chi connectivity index (χ0) is 22.3. The van der Waals surface area contributed by atoms with Crippen LogP contribution in [0.5, 0.6) is 11.5 Å². The van der Waals surface area contributed by atoms with Crippen LogP contribution in [-0.4, -0.2) is 42.4 Å². The van der Waals surface area contributed by atoms with Crippen molar-refractivity contribution < 1.29 is 23.9 Å². The summed E-state index contributed by atoms with van der Waals surface area (Å²) in [6.45, 7) is 4.48. The molecule has 0 spiro atoms. The lowest BCUT2D eigenvalue weighted by Gasteiger charge is -2.26. The van der Waals surface area contributed by atoms with Gasteiger partial charge in [-0.05, 0) is 35.7 Å². The molecule has 31 heavy (non-hydrogen) atoms. The lowest BCUT2D eigenvalue weighted by atomic mass is 9.95. The quantitative estimate of drug-likeness (QED) is 0.681. The monoisotopic (exact) mass is 462 g/mol. The van der Waals surface area contributed by atoms with Crippen LogP contribution in [0, 0.1) is 5.92 Å². The maximum absolute atomic E-state index is 12.8. The molecule has 0 aliphatic carbocycles. The molecule has 2 aliphatic heterocycles. The lowest BCUT2D eigenvalue weighted by molar-refractivity contribution is -0.122. The Labute approximate surface area is 189 Å². The van der Waals surface area contributed by atoms with Gasteiger partial charge in [-0.15, -0.1) is 0 Å². The summed E-state index contributed by atoms with van der Waals surface area (Å²) in [5, 5.41) is 3.27. The Morgan fingerprint density at radius 2 is 1.58 bits per heavy atom. The molecule has 4 rings (SSSR count). The summed E-state index contributed by atoms with van der Waals surface area (Å²) in [4.78, 5) is 39.0. The molecule has 1 atom stereocenters. The van der Waals surface area contributed by atoms with Crippen LogP contribution >= 0.6 is 23.2 Å². The van der Waals surface area contributed by atoms with Gasteiger partial charge in [-0.2, -0.15) is 0 Å². The second-order valence-corrected chi connectivity index (χ2v) is 8.52. The second-order valence-electron chi connectivity index (χ2n) is 7.70. The maximum atomic E-state index is 12.8. The molecule has 2 aromatic carbocycles. The number of ether oxygens (including phenoxy) is 2. The van der Waals surface area contributed by atoms with E-state index in [9.17, 15) is 14.4 Å². The van der Waals surface area contributed by atoms with E-state index >= 15 is 0 Å². The normalized spacial score (nSPS) is 15.8. The summed E-state index contributed by atoms with van der Waals surface area (Å²) >= 11 is 11.9. The van der Waals surface area contributed by atoms with Gasteiger partial charge in [-0.25, -0.2) is 0 Å². The van der Waals surface area contributed by atoms with Gasteiger partial charge < -0.3 is 14.8 Å². The summed E-state index contributed by atoms with van der Waals surface area (Å²) in [6.07, 6.45) is 0. The molecular weight excluding hydrogens is 443 g/mol. The highest BCUT2D eigenvalue weighted by atomic mass is 35.5. The first-order valence-corrected chi connectivity index (χ1v) is 10.6. The number of amides is 3. The Morgan fingerprint density at radius 3 is 2.16 bits per heavy atom. The van der Waals surface area contributed by atoms with E-state index in [2.05, 4.69) is 5.32 Å². The number of imide groups is 1. The molecule has 162 valence electrons. The largest absolute Gasteiger partial charge is 0.486 e. The number of carbonyl (C=O) groups is 3. The summed E-state index contributed by atoms with van der Waals surface area (Å²) in [6, 6.07) is 7.87. The van der Waals surface area contributed by atoms with Gasteiger partial charge in [0.1, 0.15) is 19.8 Å². The van der Waals surface area contributed by atoms with E-state index < -0.39 is 24.3 Å². The van der Waals surface area contributed by atoms with Crippen molar-refractivity contribution in [3.05, 3.63) is 57.1 Å². The number of nitrogens with one attached hydrogen (secondary N) is 1. The molecule has 2 aromatic rings. The van der Waals surface area contributed by atoms with E-state index in [1.165, 1.54) is 12.1 Å². The summed E-state index contributed by atoms with van der Waals surface area (Å²) < 4.78 is 11.2. The van der Waals surface area contributed by atoms with Crippen LogP contribution in [0.25, 0.3) is 0 Å². The zero-order valence-corrected chi connectivity index (χ0v) is 18.4. The molecule has 0 radical (unpaired) electrons. The van der Waals surface area contributed by atoms with Gasteiger partial charge in [0, 0.05) is 0 Å². The Balaban J connectivity index is 1.50. The number of carbonyl (C=O) groups excluding carboxylic acids is 3. The molecular formula is C22H20Cl2N2O5. The number of hydrogen-bond donors (Lipinski definition) is 1. The number of fused-ring (bicyclic) bond motifs is 2. The molecule has 1 N–H and O–H groups in total. The first-order chi connectivity index (χ1) is 14.8. The highest BCUT2D eigenvalue weighted by molar-refractivity contribution is 6.43. The molecule has 7 nitrogen and oxygen atoms in total. The van der Waals surface area contributed by atoms with Gasteiger partial charge in [0.25, 0.3) is 11.8 Å². The van der Waals surface area contributed by atoms with Gasteiger partial charge in [0.15, 0.2) is 11.5 Å². The van der Waals surface area contributed by atoms with Crippen LogP contribution in [0.2, 0.25) is 10.0 Å². The Kier molecular flexibility index (Phi) is 5.81. The van der Waals surface area contributed by atoms with Gasteiger partial charge in [-0.1, -0.05) is 43.1 Å². The number of nitrogens with zero attached hydrogens (tertiary/aromatic N) is 1. The molecule has 0 bridgehead atoms. The van der Waals surface area contributed by atoms with Crippen molar-refractivity contribution >= 4 is 40.9 Å². The number of rotatable bonds is 5. The summed E-state index contributed by atoms with van der Waals surface area (Å²) in [7, 11) is 0. The minimum atomic E-state index is -0.575. The smallest absolute Gasteiger partial charge is 0.262 e. The highest BCUT2D eigenvalue weighted by Crippen LogP contribution is 2.35. The van der Waals surface area contributed by atoms with E-state index in [0.29, 0.717) is 24.7 Å². The minimum Gasteiger partial charge on any atom is -0.486 e. The average Bonchev–Trinajstić information content (AvgIpc) is 2.96. The molecule has 2 aliphatic rings. The third-order valence-electron chi connectivity index (χ3n) is 5.22. The Hall–Kier alpha value is -2.77. The molecule has 0 aromatic heterocycles. The van der Waals surface area contributed by atoms with Crippen molar-refractivity contribution in [3.8, 4) is 11.5 Å². The van der Waals surface area contributed by atoms with Crippen LogP contribution in [0.1, 0.15) is 46.2 Å². The number of hydrogen-bond acceptors (Lipinski definition) is 5. The SMILES string of the molecule is CC(C)C(NC(=O)CN1C(=O)c2cc(Cl)c(Cl)cc2C1=O)c1ccc2c(c1)OCCO2. The molecule has 1 unspecified atom stereocenters. The van der Waals surface area contributed by atoms with Crippen molar-refractivity contribution in [1.82, 2.24) is 10.2 Å². The molecule has 3 amide bonds. The number of benzene rings is 2. The van der Waals surface area contributed by atoms with Crippen molar-refractivity contribution in [2.24, 2.45) is 5.92 Å². The molecule has 0 fully saturated rings. The van der Waals surface area contributed by atoms with Crippen LogP contribution in [0.4, 0.5) is 0 Å². The fourth-order valence-electron chi connectivity index (χ4n) is 3.68. The Bertz CT molecular complexity index is 1040. The highest BCUT2D eigenvalue weighted by Gasteiger charge is 2.38. The van der Waals surface area contributed by atoms with Gasteiger partial charge >= 0.3 is 0 Å². The fourth-order valence-corrected chi connectivity index (χ4v) is 4.01. The van der Waals surface area contributed by atoms with Crippen molar-refractivity contribution in [1.29, 1.82) is 0 Å². The Morgan fingerprint density at radius 1 is 1.00 bits per heavy atom. The topological polar surface area (TPSA) is 84.9 Å². The van der Waals surface area contributed by atoms with E-state index in [-0.39, 0.29) is 33.1 Å². The maximum Gasteiger partial charge on any atom is 0.262 e. The van der Waals surface area contributed by atoms with Crippen LogP contribution in [0.3, 0.4) is 0 Å². The summed E-state index contributed by atoms with van der Waals surface area (Å²) in [5.74, 6) is -0.278. The first kappa shape index (κ1) is 21.5. The molecule has 2 heterocycles. The third-order valence-corrected chi connectivity index (χ3v) is 5.94. The van der Waals surface area contributed by atoms with Gasteiger partial charge in [0.05, 0.1) is 27.2 Å². The fraction of sp³-hybridized carbons (Fsp3) is 0.318. The summed E-state index contributed by atoms with van der Waals surface area (Å²) in [5.41, 5.74) is 1.12. The van der Waals surface area contributed by atoms with Crippen molar-refractivity contribution in [3.63, 3.8) is 0 Å². The van der Waals surface area contributed by atoms with Crippen LogP contribution in [0.15, 0.2) is 30.3 Å². The van der Waals surface area contributed by atoms with E-state index in [1.54, 1.807) is 0 Å². The number of halogens is 2. The average molecular weight is 463 g/mol. The molecule has 0 saturated carbocycles. The molecule has 0 saturated heterocycles. The predicted octanol–water partition coefficient (Wildman–Crippen LogP) is 3.87. The van der Waals surface area contributed by atoms with Crippen molar-refractivity contribution in [2.45, 2.75) is 19.9 Å². The van der Waals surface area contributed by atoms with E-state index in [1.807, 2.05) is 32.0 Å². The zero-order valence-electron chi connectivity index (χ0n) is 16.9. The van der Waals surface area contributed by atoms with Gasteiger partial charge in [0.2, 0.25) is 5.91 Å². The third kappa shape index (κ3) is 4.07. The standard InChI is InChI=1S/C22H20Cl2N2O5/c1-11(2)20(12-3-4-17-18(7-12)31-6-5-30-17)25-19(27)10-26-21(28)13-8-15(23)16(24)9-14(13)22(26)29/h3-4,7-9,11,20H,5-6,10H2,1-2H3,(H,25,27). The van der Waals surface area contributed by atoms with Crippen LogP contribution in [-0.2, 0) is 4.79 Å². The minimum absolute atomic E-state index is 0.0475. The van der Waals surface area contributed by atoms with Crippen molar-refractivity contribution in [2.75, 3.05) is 19.8 Å². The van der Waals surface area contributed by atoms with E-state index in [4.69, 9.17) is 32.7 Å². The van der Waals surface area contributed by atoms with Gasteiger partial charge in [-0.3, -0.25) is 19.3 Å². The molecule has 9 heteroatoms. The first-order valence-electron chi connectivity index (χ1n) is 9.80.